The van der Waals surface area contributed by atoms with Gasteiger partial charge in [-0.05, 0) is 30.8 Å². The van der Waals surface area contributed by atoms with Crippen LogP contribution in [0.25, 0.3) is 0 Å². The van der Waals surface area contributed by atoms with Gasteiger partial charge in [0.1, 0.15) is 5.01 Å². The molecule has 13 heavy (non-hydrogen) atoms. The predicted octanol–water partition coefficient (Wildman–Crippen LogP) is 2.20. The summed E-state index contributed by atoms with van der Waals surface area (Å²) in [5.41, 5.74) is 7.25. The van der Waals surface area contributed by atoms with Crippen LogP contribution in [0.15, 0.2) is 5.38 Å². The Morgan fingerprint density at radius 1 is 1.69 bits per heavy atom. The fourth-order valence-corrected chi connectivity index (χ4v) is 3.77. The van der Waals surface area contributed by atoms with Gasteiger partial charge in [-0.25, -0.2) is 4.98 Å². The first-order chi connectivity index (χ1) is 6.27. The first kappa shape index (κ1) is 9.49. The average Bonchev–Trinajstić information content (AvgIpc) is 2.72. The van der Waals surface area contributed by atoms with Gasteiger partial charge in [0.2, 0.25) is 0 Å². The summed E-state index contributed by atoms with van der Waals surface area (Å²) in [4.78, 5) is 4.44. The van der Waals surface area contributed by atoms with E-state index < -0.39 is 0 Å². The number of aromatic nitrogens is 1. The van der Waals surface area contributed by atoms with Crippen molar-refractivity contribution in [2.24, 2.45) is 11.7 Å². The van der Waals surface area contributed by atoms with Gasteiger partial charge >= 0.3 is 0 Å². The summed E-state index contributed by atoms with van der Waals surface area (Å²) >= 11 is 3.71. The molecule has 1 fully saturated rings. The number of hydrogen-bond donors (Lipinski definition) is 1. The highest BCUT2D eigenvalue weighted by atomic mass is 32.2. The lowest BCUT2D eigenvalue weighted by atomic mass is 10.0. The SMILES string of the molecule is Cc1csc(C(N)C2CCSC2)n1. The van der Waals surface area contributed by atoms with Crippen molar-refractivity contribution < 1.29 is 0 Å². The normalized spacial score (nSPS) is 24.9. The van der Waals surface area contributed by atoms with Crippen LogP contribution in [-0.4, -0.2) is 16.5 Å². The maximum atomic E-state index is 6.15. The summed E-state index contributed by atoms with van der Waals surface area (Å²) in [6, 6.07) is 0.175. The summed E-state index contributed by atoms with van der Waals surface area (Å²) in [5.74, 6) is 3.12. The molecular formula is C9H14N2S2. The highest BCUT2D eigenvalue weighted by Crippen LogP contribution is 2.33. The fourth-order valence-electron chi connectivity index (χ4n) is 1.56. The molecule has 0 amide bonds. The molecule has 0 aliphatic carbocycles. The van der Waals surface area contributed by atoms with Gasteiger partial charge in [-0.3, -0.25) is 0 Å². The maximum Gasteiger partial charge on any atom is 0.110 e. The molecule has 2 nitrogen and oxygen atoms in total. The van der Waals surface area contributed by atoms with Gasteiger partial charge in [-0.15, -0.1) is 11.3 Å². The molecule has 2 unspecified atom stereocenters. The number of thiazole rings is 1. The molecule has 1 aromatic rings. The van der Waals surface area contributed by atoms with E-state index in [2.05, 4.69) is 10.4 Å². The van der Waals surface area contributed by atoms with Crippen LogP contribution in [-0.2, 0) is 0 Å². The molecule has 2 heterocycles. The molecular weight excluding hydrogens is 200 g/mol. The molecule has 0 saturated carbocycles. The van der Waals surface area contributed by atoms with Gasteiger partial charge in [0.25, 0.3) is 0 Å². The second-order valence-corrected chi connectivity index (χ2v) is 5.52. The van der Waals surface area contributed by atoms with Crippen molar-refractivity contribution in [3.63, 3.8) is 0 Å². The molecule has 1 aromatic heterocycles. The number of hydrogen-bond acceptors (Lipinski definition) is 4. The van der Waals surface area contributed by atoms with E-state index in [0.29, 0.717) is 5.92 Å². The lowest BCUT2D eigenvalue weighted by molar-refractivity contribution is 0.480. The second-order valence-electron chi connectivity index (χ2n) is 3.48. The molecule has 0 bridgehead atoms. The summed E-state index contributed by atoms with van der Waals surface area (Å²) in [7, 11) is 0. The Bertz CT molecular complexity index is 279. The molecule has 72 valence electrons. The minimum absolute atomic E-state index is 0.175. The van der Waals surface area contributed by atoms with E-state index in [9.17, 15) is 0 Å². The summed E-state index contributed by atoms with van der Waals surface area (Å²) in [6.07, 6.45) is 1.25. The first-order valence-electron chi connectivity index (χ1n) is 4.52. The van der Waals surface area contributed by atoms with E-state index in [1.54, 1.807) is 11.3 Å². The predicted molar refractivity (Wildman–Crippen MR) is 59.2 cm³/mol. The summed E-state index contributed by atoms with van der Waals surface area (Å²) < 4.78 is 0. The van der Waals surface area contributed by atoms with Gasteiger partial charge < -0.3 is 5.73 Å². The average molecular weight is 214 g/mol. The monoisotopic (exact) mass is 214 g/mol. The molecule has 1 saturated heterocycles. The van der Waals surface area contributed by atoms with Crippen LogP contribution in [0.2, 0.25) is 0 Å². The van der Waals surface area contributed by atoms with Gasteiger partial charge in [0.05, 0.1) is 6.04 Å². The summed E-state index contributed by atoms with van der Waals surface area (Å²) in [6.45, 7) is 2.02. The number of nitrogens with zero attached hydrogens (tertiary/aromatic N) is 1. The van der Waals surface area contributed by atoms with E-state index >= 15 is 0 Å². The highest BCUT2D eigenvalue weighted by molar-refractivity contribution is 7.99. The third-order valence-electron chi connectivity index (χ3n) is 2.39. The van der Waals surface area contributed by atoms with Crippen molar-refractivity contribution in [3.8, 4) is 0 Å². The molecule has 0 radical (unpaired) electrons. The Labute approximate surface area is 86.9 Å². The Kier molecular flexibility index (Phi) is 2.91. The van der Waals surface area contributed by atoms with Crippen LogP contribution in [0, 0.1) is 12.8 Å². The Morgan fingerprint density at radius 2 is 2.54 bits per heavy atom. The van der Waals surface area contributed by atoms with Gasteiger partial charge in [-0.2, -0.15) is 11.8 Å². The largest absolute Gasteiger partial charge is 0.322 e. The minimum atomic E-state index is 0.175. The Hall–Kier alpha value is -0.0600. The van der Waals surface area contributed by atoms with Crippen LogP contribution >= 0.6 is 23.1 Å². The highest BCUT2D eigenvalue weighted by Gasteiger charge is 2.25. The van der Waals surface area contributed by atoms with Crippen molar-refractivity contribution in [3.05, 3.63) is 16.1 Å². The topological polar surface area (TPSA) is 38.9 Å². The zero-order valence-corrected chi connectivity index (χ0v) is 9.33. The molecule has 1 aliphatic rings. The molecule has 2 rings (SSSR count). The Balaban J connectivity index is 2.07. The lowest BCUT2D eigenvalue weighted by Gasteiger charge is -2.14. The molecule has 1 aliphatic heterocycles. The maximum absolute atomic E-state index is 6.15. The van der Waals surface area contributed by atoms with Crippen molar-refractivity contribution in [2.45, 2.75) is 19.4 Å². The minimum Gasteiger partial charge on any atom is -0.322 e. The number of nitrogens with two attached hydrogens (primary N) is 1. The van der Waals surface area contributed by atoms with E-state index in [1.807, 2.05) is 18.7 Å². The second kappa shape index (κ2) is 3.98. The zero-order valence-electron chi connectivity index (χ0n) is 7.69. The molecule has 2 N–H and O–H groups in total. The zero-order chi connectivity index (χ0) is 9.26. The van der Waals surface area contributed by atoms with Crippen molar-refractivity contribution >= 4 is 23.1 Å². The van der Waals surface area contributed by atoms with Crippen LogP contribution in [0.3, 0.4) is 0 Å². The third-order valence-corrected chi connectivity index (χ3v) is 4.65. The van der Waals surface area contributed by atoms with Gasteiger partial charge in [-0.1, -0.05) is 0 Å². The number of aryl methyl sites for hydroxylation is 1. The van der Waals surface area contributed by atoms with Crippen molar-refractivity contribution in [1.82, 2.24) is 4.98 Å². The van der Waals surface area contributed by atoms with E-state index in [4.69, 9.17) is 5.73 Å². The van der Waals surface area contributed by atoms with Crippen molar-refractivity contribution in [2.75, 3.05) is 11.5 Å². The lowest BCUT2D eigenvalue weighted by Crippen LogP contribution is -2.20. The quantitative estimate of drug-likeness (QED) is 0.820. The van der Waals surface area contributed by atoms with E-state index in [-0.39, 0.29) is 6.04 Å². The van der Waals surface area contributed by atoms with E-state index in [0.717, 1.165) is 10.7 Å². The summed E-state index contributed by atoms with van der Waals surface area (Å²) in [5, 5.41) is 3.20. The van der Waals surface area contributed by atoms with Gasteiger partial charge in [0, 0.05) is 11.1 Å². The Morgan fingerprint density at radius 3 is 3.08 bits per heavy atom. The van der Waals surface area contributed by atoms with Crippen LogP contribution in [0.5, 0.6) is 0 Å². The third kappa shape index (κ3) is 2.06. The first-order valence-corrected chi connectivity index (χ1v) is 6.56. The number of thioether (sulfide) groups is 1. The van der Waals surface area contributed by atoms with Crippen LogP contribution < -0.4 is 5.73 Å². The van der Waals surface area contributed by atoms with Gasteiger partial charge in [0.15, 0.2) is 0 Å². The van der Waals surface area contributed by atoms with E-state index in [1.165, 1.54) is 17.9 Å². The molecule has 0 spiro atoms. The number of rotatable bonds is 2. The standard InChI is InChI=1S/C9H14N2S2/c1-6-4-13-9(11-6)8(10)7-2-3-12-5-7/h4,7-8H,2-3,5,10H2,1H3. The molecule has 2 atom stereocenters. The smallest absolute Gasteiger partial charge is 0.110 e. The molecule has 4 heteroatoms. The van der Waals surface area contributed by atoms with Crippen molar-refractivity contribution in [1.29, 1.82) is 0 Å². The van der Waals surface area contributed by atoms with Crippen LogP contribution in [0.4, 0.5) is 0 Å². The fraction of sp³-hybridized carbons (Fsp3) is 0.667. The molecule has 0 aromatic carbocycles. The van der Waals surface area contributed by atoms with Crippen LogP contribution in [0.1, 0.15) is 23.2 Å².